The van der Waals surface area contributed by atoms with Gasteiger partial charge in [0, 0.05) is 38.7 Å². The minimum Gasteiger partial charge on any atom is -0.479 e. The lowest BCUT2D eigenvalue weighted by Crippen LogP contribution is -2.54. The maximum absolute atomic E-state index is 13.0. The Bertz CT molecular complexity index is 1240. The van der Waals surface area contributed by atoms with Crippen LogP contribution in [0.25, 0.3) is 0 Å². The van der Waals surface area contributed by atoms with E-state index in [1.807, 2.05) is 4.90 Å². The van der Waals surface area contributed by atoms with Gasteiger partial charge in [-0.25, -0.2) is 19.3 Å². The molecular weight excluding hydrogens is 483 g/mol. The number of halogens is 1. The zero-order valence-electron chi connectivity index (χ0n) is 19.8. The van der Waals surface area contributed by atoms with Gasteiger partial charge in [0.15, 0.2) is 6.10 Å². The molecule has 37 heavy (non-hydrogen) atoms. The molecule has 1 aromatic carbocycles. The Morgan fingerprint density at radius 3 is 2.46 bits per heavy atom. The molecule has 1 atom stereocenters. The summed E-state index contributed by atoms with van der Waals surface area (Å²) >= 11 is 0. The van der Waals surface area contributed by atoms with Gasteiger partial charge >= 0.3 is 0 Å². The number of carbonyl (C=O) groups is 2. The molecular formula is C25H25FN6O5. The molecule has 2 saturated heterocycles. The number of aliphatic hydroxyl groups excluding tert-OH is 1. The SMILES string of the molecule is O=C(NCCO)C1CN(c2ncc(N3CC[C@@H](Oc4ccc(Oc5ccc(F)cc5)nc4)C3=O)cn2)C1. The Labute approximate surface area is 211 Å². The van der Waals surface area contributed by atoms with Gasteiger partial charge in [-0.15, -0.1) is 0 Å². The van der Waals surface area contributed by atoms with Crippen molar-refractivity contribution < 1.29 is 28.6 Å². The van der Waals surface area contributed by atoms with Crippen molar-refractivity contribution in [3.8, 4) is 17.4 Å². The van der Waals surface area contributed by atoms with Crippen LogP contribution in [-0.4, -0.2) is 70.8 Å². The normalized spacial score (nSPS) is 17.5. The third kappa shape index (κ3) is 5.59. The number of hydrogen-bond acceptors (Lipinski definition) is 9. The summed E-state index contributed by atoms with van der Waals surface area (Å²) in [6.45, 7) is 1.60. The van der Waals surface area contributed by atoms with Gasteiger partial charge in [-0.1, -0.05) is 0 Å². The van der Waals surface area contributed by atoms with Gasteiger partial charge in [0.25, 0.3) is 5.91 Å². The summed E-state index contributed by atoms with van der Waals surface area (Å²) in [6, 6.07) is 8.87. The highest BCUT2D eigenvalue weighted by Crippen LogP contribution is 2.27. The molecule has 192 valence electrons. The fraction of sp³-hybridized carbons (Fsp3) is 0.320. The zero-order valence-corrected chi connectivity index (χ0v) is 19.8. The number of hydrogen-bond donors (Lipinski definition) is 2. The molecule has 0 bridgehead atoms. The number of nitrogens with zero attached hydrogens (tertiary/aromatic N) is 5. The Morgan fingerprint density at radius 1 is 1.05 bits per heavy atom. The van der Waals surface area contributed by atoms with Gasteiger partial charge < -0.3 is 29.7 Å². The summed E-state index contributed by atoms with van der Waals surface area (Å²) in [5.41, 5.74) is 0.568. The molecule has 5 rings (SSSR count). The van der Waals surface area contributed by atoms with E-state index in [4.69, 9.17) is 14.6 Å². The van der Waals surface area contributed by atoms with E-state index in [0.29, 0.717) is 55.1 Å². The molecule has 2 fully saturated rings. The first-order valence-electron chi connectivity index (χ1n) is 11.8. The smallest absolute Gasteiger partial charge is 0.268 e. The maximum Gasteiger partial charge on any atom is 0.268 e. The average molecular weight is 509 g/mol. The molecule has 0 spiro atoms. The lowest BCUT2D eigenvalue weighted by atomic mass is 10.00. The van der Waals surface area contributed by atoms with Crippen LogP contribution in [0, 0.1) is 11.7 Å². The third-order valence-corrected chi connectivity index (χ3v) is 6.06. The van der Waals surface area contributed by atoms with Crippen molar-refractivity contribution in [1.29, 1.82) is 0 Å². The van der Waals surface area contributed by atoms with Gasteiger partial charge in [-0.05, 0) is 30.3 Å². The number of aliphatic hydroxyl groups is 1. The summed E-state index contributed by atoms with van der Waals surface area (Å²) in [6.07, 6.45) is 4.47. The molecule has 12 heteroatoms. The second kappa shape index (κ2) is 10.7. The first kappa shape index (κ1) is 24.4. The summed E-state index contributed by atoms with van der Waals surface area (Å²) < 4.78 is 24.5. The topological polar surface area (TPSA) is 130 Å². The van der Waals surface area contributed by atoms with Crippen LogP contribution in [-0.2, 0) is 9.59 Å². The van der Waals surface area contributed by atoms with Crippen LogP contribution in [0.4, 0.5) is 16.0 Å². The molecule has 2 N–H and O–H groups in total. The van der Waals surface area contributed by atoms with E-state index in [0.717, 1.165) is 0 Å². The quantitative estimate of drug-likeness (QED) is 0.442. The van der Waals surface area contributed by atoms with Crippen molar-refractivity contribution in [2.45, 2.75) is 12.5 Å². The summed E-state index contributed by atoms with van der Waals surface area (Å²) in [7, 11) is 0. The highest BCUT2D eigenvalue weighted by Gasteiger charge is 2.36. The van der Waals surface area contributed by atoms with Crippen molar-refractivity contribution in [2.75, 3.05) is 42.6 Å². The fourth-order valence-corrected chi connectivity index (χ4v) is 4.05. The van der Waals surface area contributed by atoms with E-state index in [9.17, 15) is 14.0 Å². The number of aromatic nitrogens is 3. The van der Waals surface area contributed by atoms with Crippen molar-refractivity contribution in [1.82, 2.24) is 20.3 Å². The van der Waals surface area contributed by atoms with Crippen LogP contribution in [0.15, 0.2) is 55.0 Å². The molecule has 0 unspecified atom stereocenters. The lowest BCUT2D eigenvalue weighted by Gasteiger charge is -2.38. The molecule has 4 heterocycles. The van der Waals surface area contributed by atoms with Crippen LogP contribution >= 0.6 is 0 Å². The lowest BCUT2D eigenvalue weighted by molar-refractivity contribution is -0.126. The number of nitrogens with one attached hydrogen (secondary N) is 1. The van der Waals surface area contributed by atoms with E-state index in [2.05, 4.69) is 20.3 Å². The maximum atomic E-state index is 13.0. The van der Waals surface area contributed by atoms with Gasteiger partial charge in [-0.2, -0.15) is 0 Å². The highest BCUT2D eigenvalue weighted by molar-refractivity contribution is 5.98. The number of amides is 2. The molecule has 0 aliphatic carbocycles. The second-order valence-corrected chi connectivity index (χ2v) is 8.63. The third-order valence-electron chi connectivity index (χ3n) is 6.06. The number of anilines is 2. The molecule has 2 aromatic heterocycles. The van der Waals surface area contributed by atoms with Crippen LogP contribution in [0.1, 0.15) is 6.42 Å². The van der Waals surface area contributed by atoms with E-state index < -0.39 is 6.10 Å². The van der Waals surface area contributed by atoms with Gasteiger partial charge in [0.05, 0.1) is 36.8 Å². The summed E-state index contributed by atoms with van der Waals surface area (Å²) in [5, 5.41) is 11.5. The molecule has 11 nitrogen and oxygen atoms in total. The number of ether oxygens (including phenoxy) is 2. The van der Waals surface area contributed by atoms with Crippen LogP contribution in [0.3, 0.4) is 0 Å². The molecule has 0 radical (unpaired) electrons. The molecule has 2 aliphatic rings. The van der Waals surface area contributed by atoms with E-state index in [-0.39, 0.29) is 36.7 Å². The number of pyridine rings is 1. The van der Waals surface area contributed by atoms with Crippen molar-refractivity contribution >= 4 is 23.5 Å². The van der Waals surface area contributed by atoms with Crippen molar-refractivity contribution in [3.05, 3.63) is 60.8 Å². The van der Waals surface area contributed by atoms with Crippen molar-refractivity contribution in [3.63, 3.8) is 0 Å². The predicted molar refractivity (Wildman–Crippen MR) is 130 cm³/mol. The number of rotatable bonds is 9. The monoisotopic (exact) mass is 508 g/mol. The molecule has 2 aliphatic heterocycles. The van der Waals surface area contributed by atoms with Gasteiger partial charge in [-0.3, -0.25) is 9.59 Å². The molecule has 0 saturated carbocycles. The predicted octanol–water partition coefficient (Wildman–Crippen LogP) is 1.53. The Hall–Kier alpha value is -4.32. The molecule has 2 amide bonds. The zero-order chi connectivity index (χ0) is 25.8. The van der Waals surface area contributed by atoms with Gasteiger partial charge in [0.1, 0.15) is 17.3 Å². The number of carbonyl (C=O) groups excluding carboxylic acids is 2. The van der Waals surface area contributed by atoms with Crippen molar-refractivity contribution in [2.24, 2.45) is 5.92 Å². The Morgan fingerprint density at radius 2 is 1.78 bits per heavy atom. The summed E-state index contributed by atoms with van der Waals surface area (Å²) in [5.74, 6) is 0.869. The minimum absolute atomic E-state index is 0.0924. The average Bonchev–Trinajstić information content (AvgIpc) is 3.24. The van der Waals surface area contributed by atoms with E-state index in [1.165, 1.54) is 30.5 Å². The fourth-order valence-electron chi connectivity index (χ4n) is 4.05. The second-order valence-electron chi connectivity index (χ2n) is 8.63. The number of benzene rings is 1. The van der Waals surface area contributed by atoms with E-state index >= 15 is 0 Å². The molecule has 3 aromatic rings. The Balaban J connectivity index is 1.13. The first-order valence-corrected chi connectivity index (χ1v) is 11.8. The first-order chi connectivity index (χ1) is 18.0. The largest absolute Gasteiger partial charge is 0.479 e. The highest BCUT2D eigenvalue weighted by atomic mass is 19.1. The Kier molecular flexibility index (Phi) is 7.08. The van der Waals surface area contributed by atoms with Gasteiger partial charge in [0.2, 0.25) is 17.7 Å². The van der Waals surface area contributed by atoms with E-state index in [1.54, 1.807) is 29.4 Å². The summed E-state index contributed by atoms with van der Waals surface area (Å²) in [4.78, 5) is 41.2. The minimum atomic E-state index is -0.668. The standard InChI is InChI=1S/C25H25FN6O5/c26-17-1-3-19(4-2-17)37-22-6-5-20(13-28-22)36-21-7-9-32(24(21)35)18-11-29-25(30-12-18)31-14-16(15-31)23(34)27-8-10-33/h1-6,11-13,16,21,33H,7-10,14-15H2,(H,27,34)/t21-/m1/s1. The van der Waals surface area contributed by atoms with Crippen LogP contribution < -0.4 is 24.6 Å². The van der Waals surface area contributed by atoms with Crippen LogP contribution in [0.5, 0.6) is 17.4 Å². The van der Waals surface area contributed by atoms with Crippen LogP contribution in [0.2, 0.25) is 0 Å².